The largest absolute Gasteiger partial charge is 0.383 e. The van der Waals surface area contributed by atoms with Gasteiger partial charge in [0.1, 0.15) is 0 Å². The van der Waals surface area contributed by atoms with Crippen LogP contribution < -0.4 is 16.6 Å². The Kier molecular flexibility index (Phi) is 5.79. The standard InChI is InChI=1S/C13H17N3O3/c1-3-4-11(14)13(18)15-10-5-6-12(17)16(9-10)7-8-19-2/h1,5-6,9,11H,4,7-8,14H2,2H3,(H,15,18). The van der Waals surface area contributed by atoms with E-state index in [0.717, 1.165) is 0 Å². The molecule has 0 radical (unpaired) electrons. The first-order valence-corrected chi connectivity index (χ1v) is 5.78. The number of nitrogens with zero attached hydrogens (tertiary/aromatic N) is 1. The summed E-state index contributed by atoms with van der Waals surface area (Å²) in [4.78, 5) is 23.2. The molecule has 1 atom stereocenters. The van der Waals surface area contributed by atoms with Crippen LogP contribution in [0.5, 0.6) is 0 Å². The number of amides is 1. The van der Waals surface area contributed by atoms with Crippen molar-refractivity contribution in [2.24, 2.45) is 5.73 Å². The highest BCUT2D eigenvalue weighted by Gasteiger charge is 2.12. The molecule has 102 valence electrons. The van der Waals surface area contributed by atoms with Crippen molar-refractivity contribution < 1.29 is 9.53 Å². The molecule has 0 saturated heterocycles. The molecule has 0 aliphatic heterocycles. The summed E-state index contributed by atoms with van der Waals surface area (Å²) in [6.07, 6.45) is 6.80. The van der Waals surface area contributed by atoms with E-state index in [1.165, 1.54) is 16.7 Å². The quantitative estimate of drug-likeness (QED) is 0.695. The number of aromatic nitrogens is 1. The van der Waals surface area contributed by atoms with Crippen LogP contribution in [-0.4, -0.2) is 30.2 Å². The Balaban J connectivity index is 2.77. The third kappa shape index (κ3) is 4.58. The average Bonchev–Trinajstić information content (AvgIpc) is 2.39. The molecule has 0 bridgehead atoms. The Bertz CT molecular complexity index is 531. The number of hydrogen-bond donors (Lipinski definition) is 2. The van der Waals surface area contributed by atoms with E-state index in [2.05, 4.69) is 11.2 Å². The van der Waals surface area contributed by atoms with Crippen molar-refractivity contribution in [3.05, 3.63) is 28.7 Å². The molecule has 1 heterocycles. The lowest BCUT2D eigenvalue weighted by molar-refractivity contribution is -0.117. The van der Waals surface area contributed by atoms with Crippen LogP contribution in [0.1, 0.15) is 6.42 Å². The summed E-state index contributed by atoms with van der Waals surface area (Å²) >= 11 is 0. The van der Waals surface area contributed by atoms with Crippen LogP contribution >= 0.6 is 0 Å². The monoisotopic (exact) mass is 263 g/mol. The second kappa shape index (κ2) is 7.36. The zero-order chi connectivity index (χ0) is 14.3. The van der Waals surface area contributed by atoms with Gasteiger partial charge in [0.2, 0.25) is 5.91 Å². The predicted molar refractivity (Wildman–Crippen MR) is 72.6 cm³/mol. The van der Waals surface area contributed by atoms with Gasteiger partial charge in [-0.25, -0.2) is 0 Å². The fraction of sp³-hybridized carbons (Fsp3) is 0.385. The summed E-state index contributed by atoms with van der Waals surface area (Å²) in [5.74, 6) is 1.95. The van der Waals surface area contributed by atoms with E-state index < -0.39 is 6.04 Å². The predicted octanol–water partition coefficient (Wildman–Crippen LogP) is -0.216. The molecule has 0 aliphatic rings. The van der Waals surface area contributed by atoms with E-state index in [-0.39, 0.29) is 17.9 Å². The van der Waals surface area contributed by atoms with E-state index in [1.807, 2.05) is 0 Å². The fourth-order valence-corrected chi connectivity index (χ4v) is 1.42. The lowest BCUT2D eigenvalue weighted by Gasteiger charge is -2.11. The minimum absolute atomic E-state index is 0.162. The number of pyridine rings is 1. The van der Waals surface area contributed by atoms with Gasteiger partial charge in [-0.15, -0.1) is 12.3 Å². The van der Waals surface area contributed by atoms with Crippen molar-refractivity contribution in [1.82, 2.24) is 4.57 Å². The summed E-state index contributed by atoms with van der Waals surface area (Å²) in [7, 11) is 1.55. The lowest BCUT2D eigenvalue weighted by Crippen LogP contribution is -2.35. The van der Waals surface area contributed by atoms with Gasteiger partial charge in [0.05, 0.1) is 18.3 Å². The second-order valence-corrected chi connectivity index (χ2v) is 3.95. The summed E-state index contributed by atoms with van der Waals surface area (Å²) in [5.41, 5.74) is 5.91. The molecule has 0 aliphatic carbocycles. The third-order valence-electron chi connectivity index (χ3n) is 2.46. The number of nitrogens with one attached hydrogen (secondary N) is 1. The maximum atomic E-state index is 11.7. The number of anilines is 1. The van der Waals surface area contributed by atoms with Crippen LogP contribution in [-0.2, 0) is 16.1 Å². The molecule has 0 spiro atoms. The molecule has 6 heteroatoms. The van der Waals surface area contributed by atoms with Gasteiger partial charge in [-0.3, -0.25) is 9.59 Å². The molecule has 0 saturated carbocycles. The number of hydrogen-bond acceptors (Lipinski definition) is 4. The van der Waals surface area contributed by atoms with Crippen LogP contribution in [0.4, 0.5) is 5.69 Å². The first-order valence-electron chi connectivity index (χ1n) is 5.78. The smallest absolute Gasteiger partial charge is 0.250 e. The number of methoxy groups -OCH3 is 1. The molecule has 0 aromatic carbocycles. The molecule has 1 unspecified atom stereocenters. The number of rotatable bonds is 6. The molecule has 19 heavy (non-hydrogen) atoms. The highest BCUT2D eigenvalue weighted by Crippen LogP contribution is 2.04. The Morgan fingerprint density at radius 2 is 2.37 bits per heavy atom. The number of nitrogens with two attached hydrogens (primary N) is 1. The SMILES string of the molecule is C#CCC(N)C(=O)Nc1ccc(=O)n(CCOC)c1. The van der Waals surface area contributed by atoms with Gasteiger partial charge in [-0.2, -0.15) is 0 Å². The molecule has 1 rings (SSSR count). The van der Waals surface area contributed by atoms with Gasteiger partial charge < -0.3 is 20.4 Å². The Hall–Kier alpha value is -2.10. The Morgan fingerprint density at radius 3 is 3.00 bits per heavy atom. The maximum Gasteiger partial charge on any atom is 0.250 e. The zero-order valence-electron chi connectivity index (χ0n) is 10.8. The van der Waals surface area contributed by atoms with Gasteiger partial charge >= 0.3 is 0 Å². The topological polar surface area (TPSA) is 86.4 Å². The van der Waals surface area contributed by atoms with Crippen molar-refractivity contribution in [2.45, 2.75) is 19.0 Å². The highest BCUT2D eigenvalue weighted by atomic mass is 16.5. The van der Waals surface area contributed by atoms with Crippen molar-refractivity contribution in [3.63, 3.8) is 0 Å². The van der Waals surface area contributed by atoms with Gasteiger partial charge in [0.25, 0.3) is 5.56 Å². The van der Waals surface area contributed by atoms with Crippen molar-refractivity contribution >= 4 is 11.6 Å². The Morgan fingerprint density at radius 1 is 1.63 bits per heavy atom. The highest BCUT2D eigenvalue weighted by molar-refractivity contribution is 5.94. The third-order valence-corrected chi connectivity index (χ3v) is 2.46. The van der Waals surface area contributed by atoms with E-state index in [1.54, 1.807) is 13.3 Å². The maximum absolute atomic E-state index is 11.7. The number of carbonyl (C=O) groups excluding carboxylic acids is 1. The minimum Gasteiger partial charge on any atom is -0.383 e. The van der Waals surface area contributed by atoms with Gasteiger partial charge in [0, 0.05) is 32.3 Å². The molecule has 0 fully saturated rings. The molecular formula is C13H17N3O3. The van der Waals surface area contributed by atoms with Crippen molar-refractivity contribution in [3.8, 4) is 12.3 Å². The normalized spacial score (nSPS) is 11.6. The summed E-state index contributed by atoms with van der Waals surface area (Å²) in [6.45, 7) is 0.823. The minimum atomic E-state index is -0.760. The lowest BCUT2D eigenvalue weighted by atomic mass is 10.2. The summed E-state index contributed by atoms with van der Waals surface area (Å²) in [6, 6.07) is 2.13. The number of terminal acetylenes is 1. The second-order valence-electron chi connectivity index (χ2n) is 3.95. The first-order chi connectivity index (χ1) is 9.08. The summed E-state index contributed by atoms with van der Waals surface area (Å²) in [5, 5.41) is 2.61. The van der Waals surface area contributed by atoms with Crippen LogP contribution in [0.2, 0.25) is 0 Å². The number of carbonyl (C=O) groups is 1. The van der Waals surface area contributed by atoms with Crippen molar-refractivity contribution in [1.29, 1.82) is 0 Å². The van der Waals surface area contributed by atoms with E-state index in [9.17, 15) is 9.59 Å². The molecule has 1 aromatic rings. The van der Waals surface area contributed by atoms with Gasteiger partial charge in [-0.05, 0) is 6.07 Å². The average molecular weight is 263 g/mol. The van der Waals surface area contributed by atoms with Crippen LogP contribution in [0.25, 0.3) is 0 Å². The van der Waals surface area contributed by atoms with E-state index in [0.29, 0.717) is 18.8 Å². The van der Waals surface area contributed by atoms with Gasteiger partial charge in [-0.1, -0.05) is 0 Å². The molecule has 6 nitrogen and oxygen atoms in total. The van der Waals surface area contributed by atoms with Crippen LogP contribution in [0.15, 0.2) is 23.1 Å². The summed E-state index contributed by atoms with van der Waals surface area (Å²) < 4.78 is 6.35. The molecule has 3 N–H and O–H groups in total. The van der Waals surface area contributed by atoms with Crippen LogP contribution in [0.3, 0.4) is 0 Å². The zero-order valence-corrected chi connectivity index (χ0v) is 10.8. The fourth-order valence-electron chi connectivity index (χ4n) is 1.42. The molecule has 1 aromatic heterocycles. The number of ether oxygens (including phenoxy) is 1. The van der Waals surface area contributed by atoms with E-state index >= 15 is 0 Å². The molecular weight excluding hydrogens is 246 g/mol. The Labute approximate surface area is 111 Å². The van der Waals surface area contributed by atoms with Gasteiger partial charge in [0.15, 0.2) is 0 Å². The van der Waals surface area contributed by atoms with Crippen molar-refractivity contribution in [2.75, 3.05) is 19.0 Å². The van der Waals surface area contributed by atoms with Crippen LogP contribution in [0, 0.1) is 12.3 Å². The first kappa shape index (κ1) is 15.0. The van der Waals surface area contributed by atoms with E-state index in [4.69, 9.17) is 16.9 Å². The molecule has 1 amide bonds.